The molecule has 0 radical (unpaired) electrons. The van der Waals surface area contributed by atoms with Gasteiger partial charge in [-0.1, -0.05) is 17.7 Å². The Morgan fingerprint density at radius 1 is 1.57 bits per heavy atom. The Morgan fingerprint density at radius 2 is 2.29 bits per heavy atom. The lowest BCUT2D eigenvalue weighted by molar-refractivity contribution is 0.364. The smallest absolute Gasteiger partial charge is 0.221 e. The number of nitrogens with zero attached hydrogens (tertiary/aromatic N) is 2. The maximum Gasteiger partial charge on any atom is 0.242 e. The third-order valence-electron chi connectivity index (χ3n) is 2.00. The van der Waals surface area contributed by atoms with Gasteiger partial charge in [-0.2, -0.15) is 5.10 Å². The fourth-order valence-corrected chi connectivity index (χ4v) is 2.02. The van der Waals surface area contributed by atoms with Crippen LogP contribution in [0.1, 0.15) is 9.87 Å². The summed E-state index contributed by atoms with van der Waals surface area (Å²) in [6, 6.07) is 5.66. The molecular formula is C9H7ClFIN2. The van der Waals surface area contributed by atoms with E-state index in [0.717, 1.165) is 16.5 Å². The second-order valence-corrected chi connectivity index (χ2v) is 4.42. The van der Waals surface area contributed by atoms with Crippen LogP contribution in [0.4, 0.5) is 4.39 Å². The number of halogens is 3. The lowest BCUT2D eigenvalue weighted by atomic mass is 10.2. The highest BCUT2D eigenvalue weighted by Crippen LogP contribution is 2.29. The van der Waals surface area contributed by atoms with Crippen LogP contribution < -0.4 is 0 Å². The minimum atomic E-state index is -1.19. The number of aryl methyl sites for hydroxylation is 1. The van der Waals surface area contributed by atoms with Gasteiger partial charge in [-0.15, -0.1) is 0 Å². The first kappa shape index (κ1) is 10.2. The first-order valence-corrected chi connectivity index (χ1v) is 5.64. The second-order valence-electron chi connectivity index (χ2n) is 3.03. The van der Waals surface area contributed by atoms with Crippen LogP contribution in [0.25, 0.3) is 10.9 Å². The summed E-state index contributed by atoms with van der Waals surface area (Å²) in [6.45, 7) is 1.95. The van der Waals surface area contributed by atoms with Gasteiger partial charge in [0.15, 0.2) is 5.15 Å². The maximum absolute atomic E-state index is 13.1. The Morgan fingerprint density at radius 3 is 2.93 bits per heavy atom. The van der Waals surface area contributed by atoms with Crippen LogP contribution in [-0.4, -0.2) is 9.78 Å². The molecule has 74 valence electrons. The zero-order chi connectivity index (χ0) is 10.3. The van der Waals surface area contributed by atoms with Crippen molar-refractivity contribution in [3.05, 3.63) is 28.9 Å². The molecule has 1 atom stereocenters. The van der Waals surface area contributed by atoms with Gasteiger partial charge in [0, 0.05) is 5.39 Å². The molecule has 14 heavy (non-hydrogen) atoms. The van der Waals surface area contributed by atoms with E-state index in [2.05, 4.69) is 5.10 Å². The molecule has 0 N–H and O–H groups in total. The molecule has 1 heterocycles. The van der Waals surface area contributed by atoms with Crippen molar-refractivity contribution in [3.63, 3.8) is 0 Å². The van der Waals surface area contributed by atoms with Crippen LogP contribution in [0.5, 0.6) is 0 Å². The van der Waals surface area contributed by atoms with Crippen LogP contribution in [0.3, 0.4) is 0 Å². The van der Waals surface area contributed by atoms with Crippen molar-refractivity contribution in [2.75, 3.05) is 0 Å². The van der Waals surface area contributed by atoms with Gasteiger partial charge >= 0.3 is 0 Å². The van der Waals surface area contributed by atoms with Crippen LogP contribution >= 0.6 is 34.2 Å². The summed E-state index contributed by atoms with van der Waals surface area (Å²) in [5.74, 6) is 0. The normalized spacial score (nSPS) is 13.4. The number of aromatic nitrogens is 2. The summed E-state index contributed by atoms with van der Waals surface area (Å²) in [7, 11) is 0. The average Bonchev–Trinajstić information content (AvgIpc) is 2.43. The van der Waals surface area contributed by atoms with Gasteiger partial charge in [0.2, 0.25) is 4.30 Å². The molecule has 1 unspecified atom stereocenters. The molecule has 0 saturated heterocycles. The third-order valence-corrected chi connectivity index (χ3v) is 2.81. The molecule has 0 spiro atoms. The summed E-state index contributed by atoms with van der Waals surface area (Å²) >= 11 is 7.53. The molecular weight excluding hydrogens is 317 g/mol. The number of hydrogen-bond acceptors (Lipinski definition) is 1. The first-order valence-electron chi connectivity index (χ1n) is 4.02. The fraction of sp³-hybridized carbons (Fsp3) is 0.222. The van der Waals surface area contributed by atoms with Crippen LogP contribution in [0, 0.1) is 6.92 Å². The van der Waals surface area contributed by atoms with Gasteiger partial charge in [-0.3, -0.25) is 0 Å². The van der Waals surface area contributed by atoms with E-state index < -0.39 is 4.30 Å². The van der Waals surface area contributed by atoms with Crippen LogP contribution in [0.15, 0.2) is 18.2 Å². The quantitative estimate of drug-likeness (QED) is 0.575. The SMILES string of the molecule is Cc1ccc2c(Cl)nn(C(F)I)c2c1. The molecule has 0 saturated carbocycles. The molecule has 1 aromatic heterocycles. The highest BCUT2D eigenvalue weighted by molar-refractivity contribution is 14.1. The number of benzene rings is 1. The van der Waals surface area contributed by atoms with Crippen molar-refractivity contribution in [2.24, 2.45) is 0 Å². The average molecular weight is 325 g/mol. The van der Waals surface area contributed by atoms with Crippen molar-refractivity contribution in [1.29, 1.82) is 0 Å². The van der Waals surface area contributed by atoms with E-state index >= 15 is 0 Å². The molecule has 0 aliphatic rings. The van der Waals surface area contributed by atoms with Gasteiger partial charge in [0.25, 0.3) is 0 Å². The van der Waals surface area contributed by atoms with Crippen molar-refractivity contribution in [3.8, 4) is 0 Å². The third kappa shape index (κ3) is 1.61. The van der Waals surface area contributed by atoms with Crippen molar-refractivity contribution in [2.45, 2.75) is 11.2 Å². The summed E-state index contributed by atoms with van der Waals surface area (Å²) in [4.78, 5) is 0. The minimum absolute atomic E-state index is 0.347. The van der Waals surface area contributed by atoms with Crippen molar-refractivity contribution >= 4 is 45.1 Å². The summed E-state index contributed by atoms with van der Waals surface area (Å²) in [6.07, 6.45) is 0. The molecule has 0 amide bonds. The van der Waals surface area contributed by atoms with E-state index in [9.17, 15) is 4.39 Å². The van der Waals surface area contributed by atoms with Crippen LogP contribution in [0.2, 0.25) is 5.15 Å². The van der Waals surface area contributed by atoms with Crippen molar-refractivity contribution in [1.82, 2.24) is 9.78 Å². The Hall–Kier alpha value is -0.360. The lowest BCUT2D eigenvalue weighted by Crippen LogP contribution is -1.97. The maximum atomic E-state index is 13.1. The number of hydrogen-bond donors (Lipinski definition) is 0. The zero-order valence-corrected chi connectivity index (χ0v) is 10.3. The molecule has 0 aliphatic heterocycles. The highest BCUT2D eigenvalue weighted by Gasteiger charge is 2.13. The van der Waals surface area contributed by atoms with Gasteiger partial charge < -0.3 is 0 Å². The monoisotopic (exact) mass is 324 g/mol. The molecule has 2 rings (SSSR count). The number of fused-ring (bicyclic) bond motifs is 1. The van der Waals surface area contributed by atoms with E-state index in [1.54, 1.807) is 22.6 Å². The van der Waals surface area contributed by atoms with E-state index in [1.165, 1.54) is 4.68 Å². The predicted octanol–water partition coefficient (Wildman–Crippen LogP) is 3.86. The van der Waals surface area contributed by atoms with Gasteiger partial charge in [-0.05, 0) is 47.2 Å². The highest BCUT2D eigenvalue weighted by atomic mass is 127. The topological polar surface area (TPSA) is 17.8 Å². The molecule has 0 fully saturated rings. The van der Waals surface area contributed by atoms with E-state index in [0.29, 0.717) is 5.15 Å². The van der Waals surface area contributed by atoms with Gasteiger partial charge in [-0.25, -0.2) is 9.07 Å². The molecule has 2 nitrogen and oxygen atoms in total. The van der Waals surface area contributed by atoms with Gasteiger partial charge in [0.05, 0.1) is 5.52 Å². The lowest BCUT2D eigenvalue weighted by Gasteiger charge is -2.02. The van der Waals surface area contributed by atoms with Crippen LogP contribution in [-0.2, 0) is 0 Å². The Bertz CT molecular complexity index is 481. The Balaban J connectivity index is 2.79. The van der Waals surface area contributed by atoms with Crippen molar-refractivity contribution < 1.29 is 4.39 Å². The molecule has 1 aromatic carbocycles. The molecule has 0 aliphatic carbocycles. The second kappa shape index (κ2) is 3.66. The zero-order valence-electron chi connectivity index (χ0n) is 7.34. The first-order chi connectivity index (χ1) is 6.59. The molecule has 5 heteroatoms. The summed E-state index contributed by atoms with van der Waals surface area (Å²) in [5.41, 5.74) is 1.80. The summed E-state index contributed by atoms with van der Waals surface area (Å²) < 4.78 is 13.2. The molecule has 0 bridgehead atoms. The number of rotatable bonds is 1. The Labute approximate surface area is 99.2 Å². The van der Waals surface area contributed by atoms with E-state index in [-0.39, 0.29) is 0 Å². The minimum Gasteiger partial charge on any atom is -0.221 e. The fourth-order valence-electron chi connectivity index (χ4n) is 1.36. The van der Waals surface area contributed by atoms with E-state index in [1.807, 2.05) is 25.1 Å². The Kier molecular flexibility index (Phi) is 2.66. The summed E-state index contributed by atoms with van der Waals surface area (Å²) in [5, 5.41) is 5.07. The number of alkyl halides is 2. The van der Waals surface area contributed by atoms with E-state index in [4.69, 9.17) is 11.6 Å². The van der Waals surface area contributed by atoms with Gasteiger partial charge in [0.1, 0.15) is 0 Å². The standard InChI is InChI=1S/C9H7ClFIN2/c1-5-2-3-6-7(4-5)14(9(11)12)13-8(6)10/h2-4,9H,1H3. The largest absolute Gasteiger partial charge is 0.242 e. The molecule has 2 aromatic rings. The predicted molar refractivity (Wildman–Crippen MR) is 63.6 cm³/mol.